The zero-order valence-electron chi connectivity index (χ0n) is 18.9. The first-order chi connectivity index (χ1) is 16.3. The Kier molecular flexibility index (Phi) is 9.47. The number of hydrogen-bond acceptors (Lipinski definition) is 4. The number of amides is 2. The monoisotopic (exact) mass is 522 g/mol. The van der Waals surface area contributed by atoms with Crippen molar-refractivity contribution in [3.8, 4) is 0 Å². The number of thiophene rings is 1. The number of nitrogens with zero attached hydrogens (tertiary/aromatic N) is 2. The number of halogens is 3. The van der Waals surface area contributed by atoms with Gasteiger partial charge >= 0.3 is 0 Å². The molecule has 0 aliphatic carbocycles. The van der Waals surface area contributed by atoms with E-state index in [0.717, 1.165) is 16.0 Å². The van der Waals surface area contributed by atoms with Gasteiger partial charge in [-0.25, -0.2) is 4.39 Å². The van der Waals surface area contributed by atoms with Crippen LogP contribution in [0.3, 0.4) is 0 Å². The summed E-state index contributed by atoms with van der Waals surface area (Å²) in [5, 5.41) is 2.64. The Morgan fingerprint density at radius 1 is 1.00 bits per heavy atom. The lowest BCUT2D eigenvalue weighted by Gasteiger charge is -2.28. The van der Waals surface area contributed by atoms with Gasteiger partial charge in [-0.3, -0.25) is 9.59 Å². The van der Waals surface area contributed by atoms with Gasteiger partial charge in [-0.05, 0) is 59.8 Å². The first-order valence-electron chi connectivity index (χ1n) is 10.6. The second-order valence-corrected chi connectivity index (χ2v) is 9.65. The van der Waals surface area contributed by atoms with E-state index in [4.69, 9.17) is 27.9 Å². The van der Waals surface area contributed by atoms with E-state index in [-0.39, 0.29) is 43.9 Å². The third-order valence-electron chi connectivity index (χ3n) is 5.23. The Balaban J connectivity index is 1.84. The molecule has 1 aromatic heterocycles. The fourth-order valence-electron chi connectivity index (χ4n) is 3.36. The van der Waals surface area contributed by atoms with Crippen LogP contribution in [0.15, 0.2) is 53.9 Å². The molecule has 0 N–H and O–H groups in total. The van der Waals surface area contributed by atoms with Gasteiger partial charge in [0.2, 0.25) is 5.91 Å². The molecule has 0 saturated heterocycles. The summed E-state index contributed by atoms with van der Waals surface area (Å²) in [7, 11) is 1.53. The molecule has 2 aromatic carbocycles. The van der Waals surface area contributed by atoms with Crippen molar-refractivity contribution in [2.24, 2.45) is 0 Å². The first kappa shape index (κ1) is 26.2. The minimum absolute atomic E-state index is 0.155. The Bertz CT molecular complexity index is 1120. The summed E-state index contributed by atoms with van der Waals surface area (Å²) in [6.07, 6.45) is 0. The highest BCUT2D eigenvalue weighted by molar-refractivity contribution is 7.10. The summed E-state index contributed by atoms with van der Waals surface area (Å²) in [5.74, 6) is -0.953. The molecule has 0 fully saturated rings. The van der Waals surface area contributed by atoms with Gasteiger partial charge in [0.1, 0.15) is 12.4 Å². The van der Waals surface area contributed by atoms with Crippen molar-refractivity contribution in [1.82, 2.24) is 9.80 Å². The normalized spacial score (nSPS) is 10.9. The molecule has 0 radical (unpaired) electrons. The van der Waals surface area contributed by atoms with Gasteiger partial charge in [-0.1, -0.05) is 35.3 Å². The van der Waals surface area contributed by atoms with Crippen molar-refractivity contribution >= 4 is 46.4 Å². The lowest BCUT2D eigenvalue weighted by molar-refractivity contribution is -0.133. The van der Waals surface area contributed by atoms with Crippen LogP contribution in [0.1, 0.15) is 26.4 Å². The maximum Gasteiger partial charge on any atom is 0.254 e. The highest BCUT2D eigenvalue weighted by Crippen LogP contribution is 2.22. The van der Waals surface area contributed by atoms with Crippen molar-refractivity contribution < 1.29 is 18.7 Å². The second-order valence-electron chi connectivity index (χ2n) is 7.78. The molecule has 1 heterocycles. The average Bonchev–Trinajstić information content (AvgIpc) is 3.20. The molecule has 5 nitrogen and oxygen atoms in total. The number of hydrogen-bond donors (Lipinski definition) is 0. The number of carbonyl (C=O) groups excluding carboxylic acids is 2. The van der Waals surface area contributed by atoms with Gasteiger partial charge in [-0.15, -0.1) is 11.3 Å². The zero-order chi connectivity index (χ0) is 24.7. The van der Waals surface area contributed by atoms with Crippen LogP contribution in [-0.2, 0) is 22.6 Å². The largest absolute Gasteiger partial charge is 0.383 e. The van der Waals surface area contributed by atoms with Gasteiger partial charge in [0.25, 0.3) is 5.91 Å². The molecule has 0 spiro atoms. The van der Waals surface area contributed by atoms with Crippen LogP contribution in [0.2, 0.25) is 10.0 Å². The Labute approximate surface area is 212 Å². The maximum atomic E-state index is 13.5. The molecule has 34 heavy (non-hydrogen) atoms. The number of carbonyl (C=O) groups is 2. The number of benzene rings is 2. The summed E-state index contributed by atoms with van der Waals surface area (Å²) in [4.78, 5) is 30.8. The number of methoxy groups -OCH3 is 1. The van der Waals surface area contributed by atoms with E-state index in [1.54, 1.807) is 34.4 Å². The van der Waals surface area contributed by atoms with Crippen molar-refractivity contribution in [3.05, 3.63) is 91.3 Å². The topological polar surface area (TPSA) is 49.9 Å². The molecule has 3 rings (SSSR count). The van der Waals surface area contributed by atoms with E-state index in [2.05, 4.69) is 0 Å². The van der Waals surface area contributed by atoms with E-state index in [1.165, 1.54) is 36.3 Å². The van der Waals surface area contributed by atoms with Crippen molar-refractivity contribution in [2.45, 2.75) is 20.0 Å². The third-order valence-corrected chi connectivity index (χ3v) is 6.67. The molecule has 0 bridgehead atoms. The highest BCUT2D eigenvalue weighted by Gasteiger charge is 2.24. The molecule has 0 aliphatic rings. The molecule has 0 saturated carbocycles. The third kappa shape index (κ3) is 7.27. The molecule has 0 unspecified atom stereocenters. The van der Waals surface area contributed by atoms with Crippen molar-refractivity contribution in [3.63, 3.8) is 0 Å². The van der Waals surface area contributed by atoms with Crippen molar-refractivity contribution in [2.75, 3.05) is 26.8 Å². The van der Waals surface area contributed by atoms with E-state index in [9.17, 15) is 14.0 Å². The van der Waals surface area contributed by atoms with Crippen molar-refractivity contribution in [1.29, 1.82) is 0 Å². The van der Waals surface area contributed by atoms with Crippen LogP contribution in [0.5, 0.6) is 0 Å². The first-order valence-corrected chi connectivity index (χ1v) is 12.2. The molecule has 180 valence electrons. The van der Waals surface area contributed by atoms with Crippen LogP contribution in [0.4, 0.5) is 4.39 Å². The lowest BCUT2D eigenvalue weighted by atomic mass is 10.1. The molecular formula is C25H25Cl2FN2O3S. The molecule has 3 aromatic rings. The van der Waals surface area contributed by atoms with Crippen LogP contribution < -0.4 is 0 Å². The van der Waals surface area contributed by atoms with Crippen LogP contribution in [0.25, 0.3) is 0 Å². The lowest BCUT2D eigenvalue weighted by Crippen LogP contribution is -2.43. The van der Waals surface area contributed by atoms with Crippen LogP contribution in [-0.4, -0.2) is 48.4 Å². The smallest absolute Gasteiger partial charge is 0.254 e. The SMILES string of the molecule is COCCN(CC(=O)N(Cc1ccc(F)cc1)Cc1sccc1C)C(=O)c1cc(Cl)cc(Cl)c1. The molecule has 0 aliphatic heterocycles. The van der Waals surface area contributed by atoms with E-state index in [0.29, 0.717) is 22.2 Å². The molecule has 0 atom stereocenters. The Morgan fingerprint density at radius 2 is 1.68 bits per heavy atom. The average molecular weight is 523 g/mol. The molecule has 2 amide bonds. The quantitative estimate of drug-likeness (QED) is 0.337. The van der Waals surface area contributed by atoms with Crippen LogP contribution in [0, 0.1) is 12.7 Å². The minimum atomic E-state index is -0.371. The molecular weight excluding hydrogens is 498 g/mol. The fraction of sp³-hybridized carbons (Fsp3) is 0.280. The summed E-state index contributed by atoms with van der Waals surface area (Å²) in [6, 6.07) is 12.6. The highest BCUT2D eigenvalue weighted by atomic mass is 35.5. The fourth-order valence-corrected chi connectivity index (χ4v) is 4.81. The predicted molar refractivity (Wildman–Crippen MR) is 134 cm³/mol. The summed E-state index contributed by atoms with van der Waals surface area (Å²) < 4.78 is 18.5. The second kappa shape index (κ2) is 12.3. The molecule has 9 heteroatoms. The number of rotatable bonds is 10. The predicted octanol–water partition coefficient (Wildman–Crippen LogP) is 5.82. The number of ether oxygens (including phenoxy) is 1. The summed E-state index contributed by atoms with van der Waals surface area (Å²) >= 11 is 13.7. The Morgan fingerprint density at radius 3 is 2.26 bits per heavy atom. The van der Waals surface area contributed by atoms with E-state index in [1.807, 2.05) is 18.4 Å². The minimum Gasteiger partial charge on any atom is -0.383 e. The van der Waals surface area contributed by atoms with Crippen LogP contribution >= 0.6 is 34.5 Å². The zero-order valence-corrected chi connectivity index (χ0v) is 21.2. The Hall–Kier alpha value is -2.45. The van der Waals surface area contributed by atoms with E-state index < -0.39 is 0 Å². The van der Waals surface area contributed by atoms with Gasteiger partial charge in [0.05, 0.1) is 13.2 Å². The summed E-state index contributed by atoms with van der Waals surface area (Å²) in [6.45, 7) is 2.98. The van der Waals surface area contributed by atoms with Gasteiger partial charge in [0.15, 0.2) is 0 Å². The summed E-state index contributed by atoms with van der Waals surface area (Å²) in [5.41, 5.74) is 2.17. The van der Waals surface area contributed by atoms with E-state index >= 15 is 0 Å². The number of aryl methyl sites for hydroxylation is 1. The van der Waals surface area contributed by atoms with Gasteiger partial charge in [0, 0.05) is 40.7 Å². The van der Waals surface area contributed by atoms with Gasteiger partial charge in [-0.2, -0.15) is 0 Å². The maximum absolute atomic E-state index is 13.5. The standard InChI is InChI=1S/C25H25Cl2FN2O3S/c1-17-7-10-34-23(17)15-30(14-18-3-5-22(28)6-4-18)24(31)16-29(8-9-33-2)25(32)19-11-20(26)13-21(27)12-19/h3-7,10-13H,8-9,14-16H2,1-2H3. The van der Waals surface area contributed by atoms with Gasteiger partial charge < -0.3 is 14.5 Å².